The minimum Gasteiger partial charge on any atom is -0.481 e. The Morgan fingerprint density at radius 1 is 1.09 bits per heavy atom. The first-order valence-electron chi connectivity index (χ1n) is 6.58. The highest BCUT2D eigenvalue weighted by Crippen LogP contribution is 2.23. The van der Waals surface area contributed by atoms with E-state index in [0.717, 1.165) is 23.9 Å². The summed E-state index contributed by atoms with van der Waals surface area (Å²) < 4.78 is 27.3. The monoisotopic (exact) mass is 334 g/mol. The number of hydrogen-bond donors (Lipinski definition) is 1. The maximum absolute atomic E-state index is 13.8. The van der Waals surface area contributed by atoms with Crippen molar-refractivity contribution in [1.29, 1.82) is 0 Å². The number of rotatable bonds is 6. The maximum atomic E-state index is 13.8. The number of carbonyl (C=O) groups is 2. The number of ketones is 1. The summed E-state index contributed by atoms with van der Waals surface area (Å²) in [6.45, 7) is 0. The summed E-state index contributed by atoms with van der Waals surface area (Å²) in [6, 6.07) is 9.77. The quantitative estimate of drug-likeness (QED) is 0.492. The van der Waals surface area contributed by atoms with Crippen molar-refractivity contribution in [3.05, 3.63) is 71.3 Å². The molecule has 3 nitrogen and oxygen atoms in total. The second-order valence-electron chi connectivity index (χ2n) is 4.55. The molecule has 1 N–H and O–H groups in total. The number of hydrogen-bond acceptors (Lipinski definition) is 3. The highest BCUT2D eigenvalue weighted by molar-refractivity contribution is 8.00. The molecule has 0 saturated heterocycles. The van der Waals surface area contributed by atoms with E-state index in [2.05, 4.69) is 0 Å². The van der Waals surface area contributed by atoms with Gasteiger partial charge in [-0.05, 0) is 36.4 Å². The Morgan fingerprint density at radius 3 is 2.48 bits per heavy atom. The third-order valence-corrected chi connectivity index (χ3v) is 3.92. The lowest BCUT2D eigenvalue weighted by molar-refractivity contribution is -0.133. The van der Waals surface area contributed by atoms with Crippen LogP contribution in [0.15, 0.2) is 53.4 Å². The first-order chi connectivity index (χ1) is 11.0. The summed E-state index contributed by atoms with van der Waals surface area (Å²) in [5.74, 6) is -2.91. The van der Waals surface area contributed by atoms with Crippen LogP contribution in [-0.2, 0) is 4.79 Å². The Bertz CT molecular complexity index is 772. The van der Waals surface area contributed by atoms with E-state index in [4.69, 9.17) is 5.11 Å². The van der Waals surface area contributed by atoms with Crippen LogP contribution in [0, 0.1) is 11.6 Å². The molecule has 0 radical (unpaired) electrons. The lowest BCUT2D eigenvalue weighted by Crippen LogP contribution is -2.00. The van der Waals surface area contributed by atoms with Crippen LogP contribution in [-0.4, -0.2) is 22.6 Å². The predicted octanol–water partition coefficient (Wildman–Crippen LogP) is 4.04. The Labute approximate surface area is 135 Å². The molecule has 23 heavy (non-hydrogen) atoms. The van der Waals surface area contributed by atoms with E-state index in [1.807, 2.05) is 0 Å². The summed E-state index contributed by atoms with van der Waals surface area (Å²) in [5, 5.41) is 8.57. The van der Waals surface area contributed by atoms with Crippen molar-refractivity contribution in [1.82, 2.24) is 0 Å². The second kappa shape index (κ2) is 7.69. The van der Waals surface area contributed by atoms with Gasteiger partial charge < -0.3 is 5.11 Å². The Balaban J connectivity index is 2.12. The lowest BCUT2D eigenvalue weighted by Gasteiger charge is -2.03. The molecule has 0 unspecified atom stereocenters. The molecule has 0 amide bonds. The smallest absolute Gasteiger partial charge is 0.313 e. The number of carboxylic acids is 1. The maximum Gasteiger partial charge on any atom is 0.313 e. The SMILES string of the molecule is O=C(O)CSc1ccc(C(=O)C=Cc2ccccc2F)cc1F. The van der Waals surface area contributed by atoms with E-state index in [-0.39, 0.29) is 21.8 Å². The predicted molar refractivity (Wildman–Crippen MR) is 84.5 cm³/mol. The van der Waals surface area contributed by atoms with E-state index in [1.165, 1.54) is 36.4 Å². The van der Waals surface area contributed by atoms with E-state index in [0.29, 0.717) is 0 Å². The summed E-state index contributed by atoms with van der Waals surface area (Å²) in [4.78, 5) is 22.6. The van der Waals surface area contributed by atoms with Crippen molar-refractivity contribution < 1.29 is 23.5 Å². The van der Waals surface area contributed by atoms with Gasteiger partial charge in [0.2, 0.25) is 0 Å². The van der Waals surface area contributed by atoms with Crippen LogP contribution in [0.5, 0.6) is 0 Å². The average molecular weight is 334 g/mol. The van der Waals surface area contributed by atoms with E-state index >= 15 is 0 Å². The van der Waals surface area contributed by atoms with E-state index in [1.54, 1.807) is 6.07 Å². The number of aliphatic carboxylic acids is 1. The van der Waals surface area contributed by atoms with Gasteiger partial charge in [0.15, 0.2) is 5.78 Å². The van der Waals surface area contributed by atoms with Gasteiger partial charge in [-0.25, -0.2) is 8.78 Å². The topological polar surface area (TPSA) is 54.4 Å². The van der Waals surface area contributed by atoms with Crippen LogP contribution >= 0.6 is 11.8 Å². The summed E-state index contributed by atoms with van der Waals surface area (Å²) in [7, 11) is 0. The first-order valence-corrected chi connectivity index (χ1v) is 7.57. The highest BCUT2D eigenvalue weighted by Gasteiger charge is 2.10. The van der Waals surface area contributed by atoms with Gasteiger partial charge >= 0.3 is 5.97 Å². The molecule has 2 aromatic rings. The molecule has 0 aliphatic carbocycles. The third-order valence-electron chi connectivity index (χ3n) is 2.89. The second-order valence-corrected chi connectivity index (χ2v) is 5.56. The molecule has 0 aliphatic heterocycles. The molecular weight excluding hydrogens is 322 g/mol. The number of carboxylic acid groups (broad SMARTS) is 1. The number of allylic oxidation sites excluding steroid dienone is 1. The van der Waals surface area contributed by atoms with Crippen molar-refractivity contribution in [2.24, 2.45) is 0 Å². The fourth-order valence-corrected chi connectivity index (χ4v) is 2.42. The third kappa shape index (κ3) is 4.75. The normalized spacial score (nSPS) is 10.9. The van der Waals surface area contributed by atoms with Gasteiger partial charge in [-0.2, -0.15) is 0 Å². The number of halogens is 2. The Morgan fingerprint density at radius 2 is 1.83 bits per heavy atom. The van der Waals surface area contributed by atoms with Crippen LogP contribution < -0.4 is 0 Å². The molecule has 2 aromatic carbocycles. The fourth-order valence-electron chi connectivity index (χ4n) is 1.78. The zero-order chi connectivity index (χ0) is 16.8. The van der Waals surface area contributed by atoms with Gasteiger partial charge in [-0.15, -0.1) is 11.8 Å². The molecule has 6 heteroatoms. The standard InChI is InChI=1S/C17H12F2O3S/c18-13-4-2-1-3-11(13)5-7-15(20)12-6-8-16(14(19)9-12)23-10-17(21)22/h1-9H,10H2,(H,21,22). The van der Waals surface area contributed by atoms with Gasteiger partial charge in [-0.3, -0.25) is 9.59 Å². The van der Waals surface area contributed by atoms with Crippen LogP contribution in [0.1, 0.15) is 15.9 Å². The summed E-state index contributed by atoms with van der Waals surface area (Å²) >= 11 is 0.834. The number of carbonyl (C=O) groups excluding carboxylic acids is 1. The molecule has 0 saturated carbocycles. The van der Waals surface area contributed by atoms with Crippen molar-refractivity contribution in [2.45, 2.75) is 4.90 Å². The summed E-state index contributed by atoms with van der Waals surface area (Å²) in [6.07, 6.45) is 2.49. The molecular formula is C17H12F2O3S. The highest BCUT2D eigenvalue weighted by atomic mass is 32.2. The summed E-state index contributed by atoms with van der Waals surface area (Å²) in [5.41, 5.74) is 0.365. The Kier molecular flexibility index (Phi) is 5.65. The average Bonchev–Trinajstić information content (AvgIpc) is 2.52. The molecule has 0 aliphatic rings. The zero-order valence-corrected chi connectivity index (χ0v) is 12.6. The van der Waals surface area contributed by atoms with Crippen molar-refractivity contribution in [3.8, 4) is 0 Å². The van der Waals surface area contributed by atoms with Crippen molar-refractivity contribution in [2.75, 3.05) is 5.75 Å². The van der Waals surface area contributed by atoms with Gasteiger partial charge in [-0.1, -0.05) is 18.2 Å². The van der Waals surface area contributed by atoms with Crippen molar-refractivity contribution in [3.63, 3.8) is 0 Å². The molecule has 0 heterocycles. The largest absolute Gasteiger partial charge is 0.481 e. The van der Waals surface area contributed by atoms with Gasteiger partial charge in [0.25, 0.3) is 0 Å². The Hall–Kier alpha value is -2.47. The molecule has 0 spiro atoms. The van der Waals surface area contributed by atoms with Gasteiger partial charge in [0.05, 0.1) is 5.75 Å². The van der Waals surface area contributed by atoms with Gasteiger partial charge in [0.1, 0.15) is 11.6 Å². The molecule has 0 bridgehead atoms. The molecule has 2 rings (SSSR count). The minimum atomic E-state index is -1.05. The lowest BCUT2D eigenvalue weighted by atomic mass is 10.1. The molecule has 0 fully saturated rings. The van der Waals surface area contributed by atoms with Crippen LogP contribution in [0.25, 0.3) is 6.08 Å². The zero-order valence-electron chi connectivity index (χ0n) is 11.8. The minimum absolute atomic E-state index is 0.106. The molecule has 0 atom stereocenters. The van der Waals surface area contributed by atoms with Crippen LogP contribution in [0.4, 0.5) is 8.78 Å². The first kappa shape index (κ1) is 16.9. The molecule has 118 valence electrons. The van der Waals surface area contributed by atoms with Crippen LogP contribution in [0.3, 0.4) is 0 Å². The van der Waals surface area contributed by atoms with E-state index in [9.17, 15) is 18.4 Å². The number of benzene rings is 2. The number of thioether (sulfide) groups is 1. The molecule has 0 aromatic heterocycles. The van der Waals surface area contributed by atoms with Crippen LogP contribution in [0.2, 0.25) is 0 Å². The van der Waals surface area contributed by atoms with E-state index < -0.39 is 23.4 Å². The van der Waals surface area contributed by atoms with Gasteiger partial charge in [0, 0.05) is 16.0 Å². The fraction of sp³-hybridized carbons (Fsp3) is 0.0588. The van der Waals surface area contributed by atoms with Crippen molar-refractivity contribution >= 4 is 29.6 Å².